The molecule has 2 rings (SSSR count). The number of nitrogens with zero attached hydrogens (tertiary/aromatic N) is 2. The number of nitrogen functional groups attached to an aromatic ring is 1. The normalized spacial score (nSPS) is 10.3. The zero-order valence-corrected chi connectivity index (χ0v) is 11.5. The summed E-state index contributed by atoms with van der Waals surface area (Å²) in [6.07, 6.45) is 1.40. The number of para-hydroxylation sites is 1. The minimum absolute atomic E-state index is 0.296. The molecule has 2 aromatic rings. The highest BCUT2D eigenvalue weighted by molar-refractivity contribution is 5.76. The molecule has 20 heavy (non-hydrogen) atoms. The van der Waals surface area contributed by atoms with E-state index in [-0.39, 0.29) is 0 Å². The van der Waals surface area contributed by atoms with Gasteiger partial charge < -0.3 is 19.9 Å². The Morgan fingerprint density at radius 2 is 1.90 bits per heavy atom. The fourth-order valence-corrected chi connectivity index (χ4v) is 1.80. The Morgan fingerprint density at radius 3 is 2.65 bits per heavy atom. The fourth-order valence-electron chi connectivity index (χ4n) is 1.80. The first-order valence-corrected chi connectivity index (χ1v) is 6.13. The molecule has 0 amide bonds. The lowest BCUT2D eigenvalue weighted by Gasteiger charge is -2.13. The van der Waals surface area contributed by atoms with Crippen LogP contribution in [0.3, 0.4) is 0 Å². The summed E-state index contributed by atoms with van der Waals surface area (Å²) in [5, 5.41) is 0. The quantitative estimate of drug-likeness (QED) is 0.809. The van der Waals surface area contributed by atoms with Crippen LogP contribution in [-0.4, -0.2) is 37.4 Å². The van der Waals surface area contributed by atoms with E-state index in [2.05, 4.69) is 9.97 Å². The molecule has 0 saturated heterocycles. The molecule has 0 aliphatic heterocycles. The van der Waals surface area contributed by atoms with Crippen molar-refractivity contribution in [1.82, 2.24) is 9.97 Å². The van der Waals surface area contributed by atoms with E-state index in [1.807, 2.05) is 24.3 Å². The molecule has 0 aliphatic carbocycles. The standard InChI is InChI=1S/C14H17N3O3/c1-18-7-8-20-11-6-4-3-5-10(11)12-13(19-2)14(15)17-9-16-12/h3-6,9H,7-8H2,1-2H3,(H2,15,16,17). The van der Waals surface area contributed by atoms with Crippen LogP contribution >= 0.6 is 0 Å². The number of hydrogen-bond acceptors (Lipinski definition) is 6. The molecule has 1 heterocycles. The van der Waals surface area contributed by atoms with Gasteiger partial charge in [0, 0.05) is 12.7 Å². The Kier molecular flexibility index (Phi) is 4.73. The predicted octanol–water partition coefficient (Wildman–Crippen LogP) is 1.76. The van der Waals surface area contributed by atoms with Crippen LogP contribution in [0.1, 0.15) is 0 Å². The molecule has 0 fully saturated rings. The Labute approximate surface area is 117 Å². The van der Waals surface area contributed by atoms with E-state index in [1.165, 1.54) is 13.4 Å². The minimum Gasteiger partial charge on any atom is -0.491 e. The predicted molar refractivity (Wildman–Crippen MR) is 75.8 cm³/mol. The van der Waals surface area contributed by atoms with Crippen LogP contribution in [0.25, 0.3) is 11.3 Å². The monoisotopic (exact) mass is 275 g/mol. The Hall–Kier alpha value is -2.34. The average molecular weight is 275 g/mol. The largest absolute Gasteiger partial charge is 0.491 e. The van der Waals surface area contributed by atoms with Crippen molar-refractivity contribution in [2.75, 3.05) is 33.2 Å². The van der Waals surface area contributed by atoms with Gasteiger partial charge >= 0.3 is 0 Å². The second kappa shape index (κ2) is 6.72. The molecule has 6 nitrogen and oxygen atoms in total. The first-order valence-electron chi connectivity index (χ1n) is 6.13. The number of anilines is 1. The van der Waals surface area contributed by atoms with Crippen molar-refractivity contribution in [3.05, 3.63) is 30.6 Å². The van der Waals surface area contributed by atoms with Crippen LogP contribution in [0.5, 0.6) is 11.5 Å². The van der Waals surface area contributed by atoms with E-state index in [1.54, 1.807) is 7.11 Å². The highest BCUT2D eigenvalue weighted by Crippen LogP contribution is 2.36. The number of ether oxygens (including phenoxy) is 3. The van der Waals surface area contributed by atoms with Gasteiger partial charge in [0.15, 0.2) is 11.6 Å². The maximum absolute atomic E-state index is 5.80. The van der Waals surface area contributed by atoms with E-state index < -0.39 is 0 Å². The van der Waals surface area contributed by atoms with E-state index in [0.717, 1.165) is 5.56 Å². The van der Waals surface area contributed by atoms with Crippen molar-refractivity contribution in [2.24, 2.45) is 0 Å². The van der Waals surface area contributed by atoms with E-state index in [0.29, 0.717) is 36.2 Å². The summed E-state index contributed by atoms with van der Waals surface area (Å²) in [4.78, 5) is 8.16. The number of methoxy groups -OCH3 is 2. The van der Waals surface area contributed by atoms with Gasteiger partial charge in [0.25, 0.3) is 0 Å². The highest BCUT2D eigenvalue weighted by atomic mass is 16.5. The van der Waals surface area contributed by atoms with Gasteiger partial charge in [-0.3, -0.25) is 0 Å². The Bertz CT molecular complexity index is 575. The summed E-state index contributed by atoms with van der Waals surface area (Å²) < 4.78 is 15.9. The summed E-state index contributed by atoms with van der Waals surface area (Å²) >= 11 is 0. The third-order valence-electron chi connectivity index (χ3n) is 2.72. The zero-order chi connectivity index (χ0) is 14.4. The molecule has 0 aliphatic rings. The molecule has 2 N–H and O–H groups in total. The van der Waals surface area contributed by atoms with Crippen LogP contribution < -0.4 is 15.2 Å². The third kappa shape index (κ3) is 2.97. The SMILES string of the molecule is COCCOc1ccccc1-c1ncnc(N)c1OC. The van der Waals surface area contributed by atoms with Gasteiger partial charge in [-0.1, -0.05) is 12.1 Å². The van der Waals surface area contributed by atoms with Gasteiger partial charge in [-0.25, -0.2) is 9.97 Å². The van der Waals surface area contributed by atoms with Crippen molar-refractivity contribution in [1.29, 1.82) is 0 Å². The second-order valence-corrected chi connectivity index (χ2v) is 3.98. The Morgan fingerprint density at radius 1 is 1.10 bits per heavy atom. The number of benzene rings is 1. The lowest BCUT2D eigenvalue weighted by atomic mass is 10.1. The lowest BCUT2D eigenvalue weighted by Crippen LogP contribution is -2.06. The molecule has 106 valence electrons. The molecule has 0 radical (unpaired) electrons. The van der Waals surface area contributed by atoms with E-state index in [9.17, 15) is 0 Å². The van der Waals surface area contributed by atoms with Gasteiger partial charge in [-0.15, -0.1) is 0 Å². The summed E-state index contributed by atoms with van der Waals surface area (Å²) in [5.41, 5.74) is 7.21. The van der Waals surface area contributed by atoms with Crippen molar-refractivity contribution in [3.63, 3.8) is 0 Å². The van der Waals surface area contributed by atoms with Crippen LogP contribution in [0.4, 0.5) is 5.82 Å². The molecule has 0 bridgehead atoms. The van der Waals surface area contributed by atoms with Crippen LogP contribution in [0.15, 0.2) is 30.6 Å². The van der Waals surface area contributed by atoms with Crippen LogP contribution in [-0.2, 0) is 4.74 Å². The van der Waals surface area contributed by atoms with Crippen molar-refractivity contribution in [2.45, 2.75) is 0 Å². The maximum Gasteiger partial charge on any atom is 0.187 e. The minimum atomic E-state index is 0.296. The van der Waals surface area contributed by atoms with Crippen molar-refractivity contribution < 1.29 is 14.2 Å². The fraction of sp³-hybridized carbons (Fsp3) is 0.286. The summed E-state index contributed by atoms with van der Waals surface area (Å²) in [6, 6.07) is 7.55. The topological polar surface area (TPSA) is 79.5 Å². The number of rotatable bonds is 6. The van der Waals surface area contributed by atoms with Gasteiger partial charge in [0.2, 0.25) is 0 Å². The van der Waals surface area contributed by atoms with Crippen molar-refractivity contribution >= 4 is 5.82 Å². The van der Waals surface area contributed by atoms with Gasteiger partial charge in [-0.2, -0.15) is 0 Å². The molecule has 6 heteroatoms. The molecule has 0 spiro atoms. The molecule has 1 aromatic heterocycles. The first-order chi connectivity index (χ1) is 9.77. The lowest BCUT2D eigenvalue weighted by molar-refractivity contribution is 0.146. The average Bonchev–Trinajstić information content (AvgIpc) is 2.48. The van der Waals surface area contributed by atoms with Crippen LogP contribution in [0, 0.1) is 0 Å². The van der Waals surface area contributed by atoms with Gasteiger partial charge in [-0.05, 0) is 12.1 Å². The molecule has 0 unspecified atom stereocenters. The van der Waals surface area contributed by atoms with Crippen LogP contribution in [0.2, 0.25) is 0 Å². The molecular weight excluding hydrogens is 258 g/mol. The molecular formula is C14H17N3O3. The number of aromatic nitrogens is 2. The summed E-state index contributed by atoms with van der Waals surface area (Å²) in [7, 11) is 3.16. The maximum atomic E-state index is 5.80. The van der Waals surface area contributed by atoms with Crippen molar-refractivity contribution in [3.8, 4) is 22.8 Å². The third-order valence-corrected chi connectivity index (χ3v) is 2.72. The molecule has 0 atom stereocenters. The number of nitrogens with two attached hydrogens (primary N) is 1. The first kappa shape index (κ1) is 14.1. The summed E-state index contributed by atoms with van der Waals surface area (Å²) in [6.45, 7) is 0.966. The smallest absolute Gasteiger partial charge is 0.187 e. The van der Waals surface area contributed by atoms with Gasteiger partial charge in [0.1, 0.15) is 24.4 Å². The van der Waals surface area contributed by atoms with Gasteiger partial charge in [0.05, 0.1) is 13.7 Å². The zero-order valence-electron chi connectivity index (χ0n) is 11.5. The molecule has 1 aromatic carbocycles. The number of hydrogen-bond donors (Lipinski definition) is 1. The van der Waals surface area contributed by atoms with E-state index >= 15 is 0 Å². The Balaban J connectivity index is 2.40. The second-order valence-electron chi connectivity index (χ2n) is 3.98. The highest BCUT2D eigenvalue weighted by Gasteiger charge is 2.15. The van der Waals surface area contributed by atoms with E-state index in [4.69, 9.17) is 19.9 Å². The summed E-state index contributed by atoms with van der Waals surface area (Å²) in [5.74, 6) is 1.43. The molecule has 0 saturated carbocycles.